The fourth-order valence-electron chi connectivity index (χ4n) is 3.02. The summed E-state index contributed by atoms with van der Waals surface area (Å²) in [6.07, 6.45) is 3.19. The van der Waals surface area contributed by atoms with Gasteiger partial charge >= 0.3 is 0 Å². The van der Waals surface area contributed by atoms with E-state index < -0.39 is 5.79 Å². The standard InChI is InChI=1S/C16H18ClN5O2/c17-12-3-1-2-4-13(12)19-14-11-18-21-15(20-14)22-7-5-16(6-8-22)23-9-10-24-16/h1-4,11H,5-10H2,(H,19,20,21). The van der Waals surface area contributed by atoms with E-state index in [2.05, 4.69) is 25.4 Å². The van der Waals surface area contributed by atoms with Crippen molar-refractivity contribution < 1.29 is 9.47 Å². The van der Waals surface area contributed by atoms with Crippen LogP contribution in [0.1, 0.15) is 12.8 Å². The zero-order valence-corrected chi connectivity index (χ0v) is 13.9. The third kappa shape index (κ3) is 3.15. The SMILES string of the molecule is Clc1ccccc1Nc1cnnc(N2CCC3(CC2)OCCO3)n1. The summed E-state index contributed by atoms with van der Waals surface area (Å²) in [4.78, 5) is 6.65. The molecule has 2 saturated heterocycles. The lowest BCUT2D eigenvalue weighted by Crippen LogP contribution is -2.45. The topological polar surface area (TPSA) is 72.4 Å². The molecule has 2 aliphatic rings. The molecule has 1 aromatic carbocycles. The summed E-state index contributed by atoms with van der Waals surface area (Å²) in [5.74, 6) is 0.804. The monoisotopic (exact) mass is 347 g/mol. The molecule has 0 saturated carbocycles. The number of rotatable bonds is 3. The van der Waals surface area contributed by atoms with Crippen molar-refractivity contribution in [2.75, 3.05) is 36.5 Å². The molecular weight excluding hydrogens is 330 g/mol. The van der Waals surface area contributed by atoms with Crippen molar-refractivity contribution in [3.8, 4) is 0 Å². The number of nitrogens with zero attached hydrogens (tertiary/aromatic N) is 4. The minimum absolute atomic E-state index is 0.405. The van der Waals surface area contributed by atoms with Crippen molar-refractivity contribution in [1.82, 2.24) is 15.2 Å². The molecule has 0 atom stereocenters. The van der Waals surface area contributed by atoms with Crippen LogP contribution in [0, 0.1) is 0 Å². The second kappa shape index (κ2) is 6.51. The fraction of sp³-hybridized carbons (Fsp3) is 0.438. The Bertz CT molecular complexity index is 713. The number of aromatic nitrogens is 3. The first-order valence-corrected chi connectivity index (χ1v) is 8.36. The Morgan fingerprint density at radius 2 is 1.88 bits per heavy atom. The van der Waals surface area contributed by atoms with E-state index >= 15 is 0 Å². The molecular formula is C16H18ClN5O2. The molecule has 24 heavy (non-hydrogen) atoms. The molecule has 7 nitrogen and oxygen atoms in total. The Morgan fingerprint density at radius 3 is 2.62 bits per heavy atom. The van der Waals surface area contributed by atoms with Crippen molar-refractivity contribution in [2.24, 2.45) is 0 Å². The van der Waals surface area contributed by atoms with Crippen molar-refractivity contribution in [1.29, 1.82) is 0 Å². The van der Waals surface area contributed by atoms with Gasteiger partial charge in [-0.3, -0.25) is 0 Å². The molecule has 4 rings (SSSR count). The predicted octanol–water partition coefficient (Wildman–Crippen LogP) is 2.61. The van der Waals surface area contributed by atoms with Crippen LogP contribution in [0.4, 0.5) is 17.5 Å². The Morgan fingerprint density at radius 1 is 1.12 bits per heavy atom. The largest absolute Gasteiger partial charge is 0.347 e. The maximum absolute atomic E-state index is 6.17. The molecule has 0 aliphatic carbocycles. The van der Waals surface area contributed by atoms with Gasteiger partial charge in [-0.25, -0.2) is 0 Å². The van der Waals surface area contributed by atoms with Gasteiger partial charge in [0, 0.05) is 25.9 Å². The second-order valence-electron chi connectivity index (χ2n) is 5.84. The number of nitrogens with one attached hydrogen (secondary N) is 1. The summed E-state index contributed by atoms with van der Waals surface area (Å²) < 4.78 is 11.5. The number of hydrogen-bond acceptors (Lipinski definition) is 7. The van der Waals surface area contributed by atoms with Gasteiger partial charge in [0.1, 0.15) is 0 Å². The van der Waals surface area contributed by atoms with Gasteiger partial charge in [-0.15, -0.1) is 5.10 Å². The maximum Gasteiger partial charge on any atom is 0.247 e. The summed E-state index contributed by atoms with van der Waals surface area (Å²) in [5, 5.41) is 12.0. The molecule has 0 amide bonds. The number of anilines is 3. The highest BCUT2D eigenvalue weighted by Crippen LogP contribution is 2.32. The van der Waals surface area contributed by atoms with Crippen LogP contribution in [0.2, 0.25) is 5.02 Å². The molecule has 0 unspecified atom stereocenters. The van der Waals surface area contributed by atoms with Gasteiger partial charge in [-0.1, -0.05) is 23.7 Å². The first kappa shape index (κ1) is 15.6. The Balaban J connectivity index is 1.46. The lowest BCUT2D eigenvalue weighted by Gasteiger charge is -2.37. The second-order valence-corrected chi connectivity index (χ2v) is 6.25. The molecule has 0 bridgehead atoms. The molecule has 8 heteroatoms. The number of benzene rings is 1. The minimum Gasteiger partial charge on any atom is -0.347 e. The first-order valence-electron chi connectivity index (χ1n) is 7.98. The summed E-state index contributed by atoms with van der Waals surface area (Å²) in [6.45, 7) is 2.90. The summed E-state index contributed by atoms with van der Waals surface area (Å²) >= 11 is 6.17. The minimum atomic E-state index is -0.405. The highest BCUT2D eigenvalue weighted by Gasteiger charge is 2.40. The number of para-hydroxylation sites is 1. The quantitative estimate of drug-likeness (QED) is 0.914. The Hall–Kier alpha value is -1.96. The van der Waals surface area contributed by atoms with E-state index in [1.807, 2.05) is 24.3 Å². The smallest absolute Gasteiger partial charge is 0.247 e. The normalized spacial score (nSPS) is 19.6. The van der Waals surface area contributed by atoms with Crippen molar-refractivity contribution in [3.63, 3.8) is 0 Å². The van der Waals surface area contributed by atoms with E-state index in [1.54, 1.807) is 6.20 Å². The molecule has 1 spiro atoms. The third-order valence-electron chi connectivity index (χ3n) is 4.31. The van der Waals surface area contributed by atoms with Crippen LogP contribution in [0.3, 0.4) is 0 Å². The molecule has 2 aliphatic heterocycles. The number of hydrogen-bond donors (Lipinski definition) is 1. The highest BCUT2D eigenvalue weighted by molar-refractivity contribution is 6.33. The average molecular weight is 348 g/mol. The van der Waals surface area contributed by atoms with Gasteiger partial charge < -0.3 is 19.7 Å². The van der Waals surface area contributed by atoms with E-state index in [9.17, 15) is 0 Å². The van der Waals surface area contributed by atoms with Gasteiger partial charge in [0.25, 0.3) is 0 Å². The molecule has 2 aromatic rings. The maximum atomic E-state index is 6.17. The molecule has 3 heterocycles. The van der Waals surface area contributed by atoms with Gasteiger partial charge in [0.05, 0.1) is 30.1 Å². The summed E-state index contributed by atoms with van der Waals surface area (Å²) in [6, 6.07) is 7.51. The van der Waals surface area contributed by atoms with Crippen LogP contribution in [0.15, 0.2) is 30.5 Å². The Labute approximate surface area is 144 Å². The van der Waals surface area contributed by atoms with Crippen molar-refractivity contribution in [3.05, 3.63) is 35.5 Å². The summed E-state index contributed by atoms with van der Waals surface area (Å²) in [7, 11) is 0. The van der Waals surface area contributed by atoms with Crippen molar-refractivity contribution in [2.45, 2.75) is 18.6 Å². The van der Waals surface area contributed by atoms with Gasteiger partial charge in [0.15, 0.2) is 11.6 Å². The van der Waals surface area contributed by atoms with Crippen LogP contribution in [0.5, 0.6) is 0 Å². The van der Waals surface area contributed by atoms with Crippen LogP contribution in [-0.4, -0.2) is 47.3 Å². The number of ether oxygens (including phenoxy) is 2. The van der Waals surface area contributed by atoms with Crippen molar-refractivity contribution >= 4 is 29.1 Å². The van der Waals surface area contributed by atoms with Crippen LogP contribution < -0.4 is 10.2 Å². The molecule has 1 N–H and O–H groups in total. The highest BCUT2D eigenvalue weighted by atomic mass is 35.5. The van der Waals surface area contributed by atoms with E-state index in [0.29, 0.717) is 30.0 Å². The van der Waals surface area contributed by atoms with E-state index in [4.69, 9.17) is 21.1 Å². The van der Waals surface area contributed by atoms with Crippen LogP contribution >= 0.6 is 11.6 Å². The molecule has 2 fully saturated rings. The lowest BCUT2D eigenvalue weighted by atomic mass is 10.0. The van der Waals surface area contributed by atoms with Gasteiger partial charge in [0.2, 0.25) is 5.95 Å². The molecule has 1 aromatic heterocycles. The summed E-state index contributed by atoms with van der Waals surface area (Å²) in [5.41, 5.74) is 0.788. The fourth-order valence-corrected chi connectivity index (χ4v) is 3.20. The number of piperidine rings is 1. The molecule has 0 radical (unpaired) electrons. The zero-order chi connectivity index (χ0) is 16.4. The van der Waals surface area contributed by atoms with E-state index in [0.717, 1.165) is 31.6 Å². The first-order chi connectivity index (χ1) is 11.7. The van der Waals surface area contributed by atoms with E-state index in [1.165, 1.54) is 0 Å². The van der Waals surface area contributed by atoms with Gasteiger partial charge in [-0.05, 0) is 12.1 Å². The molecule has 126 valence electrons. The Kier molecular flexibility index (Phi) is 4.22. The third-order valence-corrected chi connectivity index (χ3v) is 4.64. The predicted molar refractivity (Wildman–Crippen MR) is 90.6 cm³/mol. The van der Waals surface area contributed by atoms with E-state index in [-0.39, 0.29) is 0 Å². The van der Waals surface area contributed by atoms with Gasteiger partial charge in [-0.2, -0.15) is 10.1 Å². The van der Waals surface area contributed by atoms with Crippen LogP contribution in [0.25, 0.3) is 0 Å². The zero-order valence-electron chi connectivity index (χ0n) is 13.1. The lowest BCUT2D eigenvalue weighted by molar-refractivity contribution is -0.169. The number of halogens is 1. The van der Waals surface area contributed by atoms with Crippen LogP contribution in [-0.2, 0) is 9.47 Å². The average Bonchev–Trinajstić information content (AvgIpc) is 3.06.